The van der Waals surface area contributed by atoms with E-state index >= 15 is 0 Å². The van der Waals surface area contributed by atoms with Gasteiger partial charge in [-0.05, 0) is 62.4 Å². The molecule has 0 aromatic heterocycles. The van der Waals surface area contributed by atoms with E-state index in [0.29, 0.717) is 6.54 Å². The van der Waals surface area contributed by atoms with E-state index in [1.54, 1.807) is 0 Å². The third kappa shape index (κ3) is 4.45. The Kier molecular flexibility index (Phi) is 6.08. The van der Waals surface area contributed by atoms with Crippen LogP contribution in [0.2, 0.25) is 0 Å². The van der Waals surface area contributed by atoms with Crippen LogP contribution in [0.5, 0.6) is 0 Å². The minimum Gasteiger partial charge on any atom is -0.392 e. The monoisotopic (exact) mass is 378 g/mol. The Balaban J connectivity index is 1.23. The minimum absolute atomic E-state index is 0.115. The first kappa shape index (κ1) is 19.2. The molecule has 0 spiro atoms. The zero-order chi connectivity index (χ0) is 19.3. The molecule has 2 aliphatic rings. The molecule has 4 rings (SSSR count). The van der Waals surface area contributed by atoms with Crippen LogP contribution in [0.3, 0.4) is 0 Å². The standard InChI is InChI=1S/C24H30N2O2/c27-22(11-10-19-6-2-1-3-7-19)18-25-15-12-21(13-16-25)24(28)26-17-14-20-8-4-5-9-23(20)26/h1-9,21-22,27H,10-18H2. The largest absolute Gasteiger partial charge is 0.392 e. The fraction of sp³-hybridized carbons (Fsp3) is 0.458. The fourth-order valence-electron chi connectivity index (χ4n) is 4.52. The number of amides is 1. The number of aryl methyl sites for hydroxylation is 1. The number of nitrogens with zero attached hydrogens (tertiary/aromatic N) is 2. The van der Waals surface area contributed by atoms with E-state index in [0.717, 1.165) is 57.4 Å². The van der Waals surface area contributed by atoms with Crippen LogP contribution in [-0.2, 0) is 17.6 Å². The summed E-state index contributed by atoms with van der Waals surface area (Å²) in [5.41, 5.74) is 3.66. The lowest BCUT2D eigenvalue weighted by Gasteiger charge is -2.34. The van der Waals surface area contributed by atoms with Crippen molar-refractivity contribution >= 4 is 11.6 Å². The van der Waals surface area contributed by atoms with Crippen molar-refractivity contribution in [1.29, 1.82) is 0 Å². The summed E-state index contributed by atoms with van der Waals surface area (Å²) >= 11 is 0. The van der Waals surface area contributed by atoms with Crippen molar-refractivity contribution in [3.63, 3.8) is 0 Å². The first-order valence-corrected chi connectivity index (χ1v) is 10.5. The van der Waals surface area contributed by atoms with Crippen LogP contribution in [0.4, 0.5) is 5.69 Å². The van der Waals surface area contributed by atoms with Crippen LogP contribution in [0.25, 0.3) is 0 Å². The first-order valence-electron chi connectivity index (χ1n) is 10.5. The number of aliphatic hydroxyl groups is 1. The summed E-state index contributed by atoms with van der Waals surface area (Å²) in [6, 6.07) is 18.6. The van der Waals surface area contributed by atoms with Gasteiger partial charge in [-0.3, -0.25) is 4.79 Å². The molecule has 4 heteroatoms. The topological polar surface area (TPSA) is 43.8 Å². The van der Waals surface area contributed by atoms with Gasteiger partial charge in [0.05, 0.1) is 6.10 Å². The maximum atomic E-state index is 13.0. The molecule has 1 fully saturated rings. The van der Waals surface area contributed by atoms with Crippen molar-refractivity contribution in [3.8, 4) is 0 Å². The summed E-state index contributed by atoms with van der Waals surface area (Å²) < 4.78 is 0. The average Bonchev–Trinajstić information content (AvgIpc) is 3.17. The van der Waals surface area contributed by atoms with E-state index in [1.807, 2.05) is 35.2 Å². The molecular formula is C24H30N2O2. The van der Waals surface area contributed by atoms with Gasteiger partial charge in [0, 0.05) is 24.7 Å². The van der Waals surface area contributed by atoms with E-state index in [4.69, 9.17) is 0 Å². The number of hydrogen-bond acceptors (Lipinski definition) is 3. The van der Waals surface area contributed by atoms with Gasteiger partial charge in [-0.2, -0.15) is 0 Å². The molecule has 28 heavy (non-hydrogen) atoms. The number of anilines is 1. The van der Waals surface area contributed by atoms with Crippen molar-refractivity contribution in [2.24, 2.45) is 5.92 Å². The molecule has 2 aromatic rings. The second-order valence-electron chi connectivity index (χ2n) is 8.12. The molecule has 4 nitrogen and oxygen atoms in total. The van der Waals surface area contributed by atoms with E-state index in [2.05, 4.69) is 29.2 Å². The van der Waals surface area contributed by atoms with Crippen molar-refractivity contribution in [2.75, 3.05) is 31.1 Å². The van der Waals surface area contributed by atoms with E-state index in [-0.39, 0.29) is 17.9 Å². The molecule has 148 valence electrons. The van der Waals surface area contributed by atoms with Crippen LogP contribution in [-0.4, -0.2) is 48.2 Å². The number of fused-ring (bicyclic) bond motifs is 1. The number of benzene rings is 2. The maximum Gasteiger partial charge on any atom is 0.230 e. The van der Waals surface area contributed by atoms with Crippen LogP contribution in [0, 0.1) is 5.92 Å². The Morgan fingerprint density at radius 1 is 1.00 bits per heavy atom. The number of carbonyl (C=O) groups is 1. The molecule has 0 radical (unpaired) electrons. The highest BCUT2D eigenvalue weighted by Crippen LogP contribution is 2.31. The molecule has 1 atom stereocenters. The van der Waals surface area contributed by atoms with Gasteiger partial charge in [0.2, 0.25) is 5.91 Å². The van der Waals surface area contributed by atoms with Crippen molar-refractivity contribution in [3.05, 3.63) is 65.7 Å². The Morgan fingerprint density at radius 2 is 1.71 bits per heavy atom. The molecule has 1 saturated heterocycles. The van der Waals surface area contributed by atoms with Gasteiger partial charge in [0.25, 0.3) is 0 Å². The second kappa shape index (κ2) is 8.89. The van der Waals surface area contributed by atoms with E-state index in [1.165, 1.54) is 11.1 Å². The molecule has 2 aliphatic heterocycles. The highest BCUT2D eigenvalue weighted by atomic mass is 16.3. The first-order chi connectivity index (χ1) is 13.7. The van der Waals surface area contributed by atoms with Crippen LogP contribution in [0.15, 0.2) is 54.6 Å². The van der Waals surface area contributed by atoms with Gasteiger partial charge in [0.1, 0.15) is 0 Å². The summed E-state index contributed by atoms with van der Waals surface area (Å²) in [6.07, 6.45) is 4.14. The smallest absolute Gasteiger partial charge is 0.230 e. The summed E-state index contributed by atoms with van der Waals surface area (Å²) in [6.45, 7) is 3.32. The number of likely N-dealkylation sites (tertiary alicyclic amines) is 1. The predicted octanol–water partition coefficient (Wildman–Crippen LogP) is 3.28. The second-order valence-corrected chi connectivity index (χ2v) is 8.12. The lowest BCUT2D eigenvalue weighted by molar-refractivity contribution is -0.123. The van der Waals surface area contributed by atoms with Crippen LogP contribution >= 0.6 is 0 Å². The lowest BCUT2D eigenvalue weighted by Crippen LogP contribution is -2.44. The predicted molar refractivity (Wildman–Crippen MR) is 112 cm³/mol. The summed E-state index contributed by atoms with van der Waals surface area (Å²) in [4.78, 5) is 17.3. The number of aliphatic hydroxyl groups excluding tert-OH is 1. The molecule has 0 bridgehead atoms. The number of hydrogen-bond donors (Lipinski definition) is 1. The molecule has 2 aromatic carbocycles. The highest BCUT2D eigenvalue weighted by molar-refractivity contribution is 5.97. The van der Waals surface area contributed by atoms with Crippen molar-refractivity contribution in [2.45, 2.75) is 38.2 Å². The number of para-hydroxylation sites is 1. The number of carbonyl (C=O) groups excluding carboxylic acids is 1. The summed E-state index contributed by atoms with van der Waals surface area (Å²) in [7, 11) is 0. The van der Waals surface area contributed by atoms with Crippen molar-refractivity contribution in [1.82, 2.24) is 4.90 Å². The molecule has 0 aliphatic carbocycles. The number of β-amino-alcohol motifs (C(OH)–C–C–N with tert-alkyl or cyclic N) is 1. The van der Waals surface area contributed by atoms with Gasteiger partial charge < -0.3 is 14.9 Å². The van der Waals surface area contributed by atoms with Gasteiger partial charge >= 0.3 is 0 Å². The molecule has 1 N–H and O–H groups in total. The fourth-order valence-corrected chi connectivity index (χ4v) is 4.52. The highest BCUT2D eigenvalue weighted by Gasteiger charge is 2.32. The van der Waals surface area contributed by atoms with E-state index < -0.39 is 0 Å². The lowest BCUT2D eigenvalue weighted by atomic mass is 9.94. The van der Waals surface area contributed by atoms with Crippen molar-refractivity contribution < 1.29 is 9.90 Å². The van der Waals surface area contributed by atoms with Gasteiger partial charge in [-0.25, -0.2) is 0 Å². The van der Waals surface area contributed by atoms with Gasteiger partial charge in [-0.15, -0.1) is 0 Å². The Bertz CT molecular complexity index is 784. The molecule has 2 heterocycles. The SMILES string of the molecule is O=C(C1CCN(CC(O)CCc2ccccc2)CC1)N1CCc2ccccc21. The normalized spacial score (nSPS) is 18.8. The van der Waals surface area contributed by atoms with Crippen LogP contribution in [0.1, 0.15) is 30.4 Å². The average molecular weight is 379 g/mol. The molecule has 1 amide bonds. The number of rotatable bonds is 6. The maximum absolute atomic E-state index is 13.0. The van der Waals surface area contributed by atoms with E-state index in [9.17, 15) is 9.90 Å². The molecular weight excluding hydrogens is 348 g/mol. The molecule has 1 unspecified atom stereocenters. The van der Waals surface area contributed by atoms with Gasteiger partial charge in [-0.1, -0.05) is 48.5 Å². The Hall–Kier alpha value is -2.17. The van der Waals surface area contributed by atoms with Crippen LogP contribution < -0.4 is 4.90 Å². The zero-order valence-electron chi connectivity index (χ0n) is 16.5. The zero-order valence-corrected chi connectivity index (χ0v) is 16.5. The summed E-state index contributed by atoms with van der Waals surface area (Å²) in [5, 5.41) is 10.4. The number of piperidine rings is 1. The van der Waals surface area contributed by atoms with Gasteiger partial charge in [0.15, 0.2) is 0 Å². The Morgan fingerprint density at radius 3 is 2.50 bits per heavy atom. The summed E-state index contributed by atoms with van der Waals surface area (Å²) in [5.74, 6) is 0.401. The third-order valence-electron chi connectivity index (χ3n) is 6.17. The Labute approximate surface area is 167 Å². The molecule has 0 saturated carbocycles. The minimum atomic E-state index is -0.307. The quantitative estimate of drug-likeness (QED) is 0.839. The third-order valence-corrected chi connectivity index (χ3v) is 6.17.